The fourth-order valence-corrected chi connectivity index (χ4v) is 2.82. The third-order valence-electron chi connectivity index (χ3n) is 4.16. The van der Waals surface area contributed by atoms with Gasteiger partial charge in [0, 0.05) is 12.1 Å². The number of alkyl halides is 3. The van der Waals surface area contributed by atoms with E-state index in [2.05, 4.69) is 5.32 Å². The lowest BCUT2D eigenvalue weighted by atomic mass is 10.0. The second kappa shape index (κ2) is 7.19. The van der Waals surface area contributed by atoms with Crippen molar-refractivity contribution in [3.63, 3.8) is 0 Å². The minimum absolute atomic E-state index is 0.00969. The van der Waals surface area contributed by atoms with Gasteiger partial charge < -0.3 is 10.1 Å². The number of rotatable bonds is 5. The van der Waals surface area contributed by atoms with Crippen LogP contribution in [0.15, 0.2) is 48.5 Å². The van der Waals surface area contributed by atoms with Crippen LogP contribution in [0.3, 0.4) is 0 Å². The van der Waals surface area contributed by atoms with Crippen LogP contribution in [0.25, 0.3) is 0 Å². The summed E-state index contributed by atoms with van der Waals surface area (Å²) in [7, 11) is 0. The van der Waals surface area contributed by atoms with E-state index >= 15 is 0 Å². The number of amides is 1. The first kappa shape index (κ1) is 18.0. The molecule has 26 heavy (non-hydrogen) atoms. The first-order valence-corrected chi connectivity index (χ1v) is 8.07. The molecule has 0 radical (unpaired) electrons. The summed E-state index contributed by atoms with van der Waals surface area (Å²) in [6, 6.07) is 11.7. The summed E-state index contributed by atoms with van der Waals surface area (Å²) in [5, 5.41) is 2.70. The molecule has 1 N–H and O–H groups in total. The van der Waals surface area contributed by atoms with Crippen LogP contribution >= 0.6 is 0 Å². The van der Waals surface area contributed by atoms with Gasteiger partial charge in [-0.25, -0.2) is 4.79 Å². The smallest absolute Gasteiger partial charge is 0.416 e. The van der Waals surface area contributed by atoms with Crippen LogP contribution in [0, 0.1) is 0 Å². The van der Waals surface area contributed by atoms with Crippen LogP contribution in [-0.2, 0) is 22.1 Å². The van der Waals surface area contributed by atoms with Crippen molar-refractivity contribution in [3.05, 3.63) is 70.8 Å². The van der Waals surface area contributed by atoms with Crippen molar-refractivity contribution in [2.24, 2.45) is 0 Å². The number of nitrogens with one attached hydrogen (secondary N) is 1. The number of fused-ring (bicyclic) bond motifs is 1. The van der Waals surface area contributed by atoms with Crippen LogP contribution in [0.2, 0.25) is 0 Å². The quantitative estimate of drug-likeness (QED) is 0.825. The summed E-state index contributed by atoms with van der Waals surface area (Å²) in [5.41, 5.74) is 1.15. The molecule has 1 atom stereocenters. The average molecular weight is 363 g/mol. The molecule has 7 heteroatoms. The highest BCUT2D eigenvalue weighted by Gasteiger charge is 2.32. The SMILES string of the molecule is O=C(C[C@H]1OC(=O)c2ccccc21)NCCc1ccc(C(F)(F)F)cc1. The van der Waals surface area contributed by atoms with Crippen LogP contribution in [0.5, 0.6) is 0 Å². The zero-order valence-corrected chi connectivity index (χ0v) is 13.7. The van der Waals surface area contributed by atoms with E-state index in [-0.39, 0.29) is 18.9 Å². The minimum atomic E-state index is -4.36. The van der Waals surface area contributed by atoms with Gasteiger partial charge in [-0.05, 0) is 30.2 Å². The van der Waals surface area contributed by atoms with Crippen LogP contribution in [0.4, 0.5) is 13.2 Å². The van der Waals surface area contributed by atoms with Gasteiger partial charge >= 0.3 is 12.1 Å². The second-order valence-electron chi connectivity index (χ2n) is 5.98. The van der Waals surface area contributed by atoms with Gasteiger partial charge in [0.1, 0.15) is 6.10 Å². The van der Waals surface area contributed by atoms with E-state index in [0.29, 0.717) is 23.1 Å². The molecule has 1 aliphatic heterocycles. The van der Waals surface area contributed by atoms with E-state index in [9.17, 15) is 22.8 Å². The fraction of sp³-hybridized carbons (Fsp3) is 0.263. The lowest BCUT2D eigenvalue weighted by Crippen LogP contribution is -2.27. The van der Waals surface area contributed by atoms with E-state index in [0.717, 1.165) is 12.1 Å². The zero-order valence-electron chi connectivity index (χ0n) is 13.7. The third kappa shape index (κ3) is 4.04. The van der Waals surface area contributed by atoms with E-state index in [1.165, 1.54) is 12.1 Å². The molecular weight excluding hydrogens is 347 g/mol. The first-order valence-electron chi connectivity index (χ1n) is 8.07. The van der Waals surface area contributed by atoms with Gasteiger partial charge in [-0.3, -0.25) is 4.79 Å². The average Bonchev–Trinajstić information content (AvgIpc) is 2.91. The highest BCUT2D eigenvalue weighted by Crippen LogP contribution is 2.32. The Morgan fingerprint density at radius 2 is 1.77 bits per heavy atom. The number of esters is 1. The van der Waals surface area contributed by atoms with Crippen LogP contribution in [0.1, 0.15) is 39.6 Å². The number of halogens is 3. The molecule has 1 heterocycles. The Balaban J connectivity index is 1.49. The number of carbonyl (C=O) groups excluding carboxylic acids is 2. The zero-order chi connectivity index (χ0) is 18.7. The molecule has 1 aliphatic rings. The molecule has 1 amide bonds. The van der Waals surface area contributed by atoms with E-state index < -0.39 is 23.8 Å². The van der Waals surface area contributed by atoms with Gasteiger partial charge in [0.15, 0.2) is 0 Å². The molecule has 0 unspecified atom stereocenters. The molecule has 0 fully saturated rings. The Morgan fingerprint density at radius 3 is 2.46 bits per heavy atom. The van der Waals surface area contributed by atoms with E-state index in [4.69, 9.17) is 4.74 Å². The Kier molecular flexibility index (Phi) is 4.97. The molecule has 136 valence electrons. The lowest BCUT2D eigenvalue weighted by Gasteiger charge is -2.11. The number of hydrogen-bond acceptors (Lipinski definition) is 3. The molecular formula is C19H16F3NO3. The number of hydrogen-bond donors (Lipinski definition) is 1. The Hall–Kier alpha value is -2.83. The normalized spacial score (nSPS) is 16.1. The first-order chi connectivity index (χ1) is 12.3. The molecule has 0 saturated heterocycles. The van der Waals surface area contributed by atoms with Crippen molar-refractivity contribution < 1.29 is 27.5 Å². The van der Waals surface area contributed by atoms with Crippen molar-refractivity contribution in [3.8, 4) is 0 Å². The predicted molar refractivity (Wildman–Crippen MR) is 87.4 cm³/mol. The number of ether oxygens (including phenoxy) is 1. The number of benzene rings is 2. The maximum atomic E-state index is 12.5. The fourth-order valence-electron chi connectivity index (χ4n) is 2.82. The minimum Gasteiger partial charge on any atom is -0.453 e. The maximum absolute atomic E-state index is 12.5. The molecule has 0 bridgehead atoms. The van der Waals surface area contributed by atoms with Gasteiger partial charge in [0.25, 0.3) is 0 Å². The summed E-state index contributed by atoms with van der Waals surface area (Å²) >= 11 is 0. The van der Waals surface area contributed by atoms with Gasteiger partial charge in [-0.15, -0.1) is 0 Å². The Morgan fingerprint density at radius 1 is 1.08 bits per heavy atom. The Labute approximate surface area is 148 Å². The summed E-state index contributed by atoms with van der Waals surface area (Å²) in [4.78, 5) is 23.8. The lowest BCUT2D eigenvalue weighted by molar-refractivity contribution is -0.137. The standard InChI is InChI=1S/C19H16F3NO3/c20-19(21,22)13-7-5-12(6-8-13)9-10-23-17(24)11-16-14-3-1-2-4-15(14)18(25)26-16/h1-8,16H,9-11H2,(H,23,24)/t16-/m1/s1. The van der Waals surface area contributed by atoms with Crippen LogP contribution < -0.4 is 5.32 Å². The monoisotopic (exact) mass is 363 g/mol. The summed E-state index contributed by atoms with van der Waals surface area (Å²) in [6.07, 6.45) is -4.55. The molecule has 2 aromatic carbocycles. The van der Waals surface area contributed by atoms with E-state index in [1.807, 2.05) is 0 Å². The molecule has 0 saturated carbocycles. The molecule has 3 rings (SSSR count). The van der Waals surface area contributed by atoms with Crippen molar-refractivity contribution in [2.45, 2.75) is 25.1 Å². The number of carbonyl (C=O) groups is 2. The molecule has 0 aliphatic carbocycles. The van der Waals surface area contributed by atoms with Gasteiger partial charge in [0.2, 0.25) is 5.91 Å². The van der Waals surface area contributed by atoms with Crippen molar-refractivity contribution >= 4 is 11.9 Å². The summed E-state index contributed by atoms with van der Waals surface area (Å²) < 4.78 is 42.7. The summed E-state index contributed by atoms with van der Waals surface area (Å²) in [5.74, 6) is -0.727. The molecule has 0 spiro atoms. The predicted octanol–water partition coefficient (Wildman–Crippen LogP) is 3.67. The van der Waals surface area contributed by atoms with Gasteiger partial charge in [-0.1, -0.05) is 30.3 Å². The topological polar surface area (TPSA) is 55.4 Å². The molecule has 0 aromatic heterocycles. The van der Waals surface area contributed by atoms with Crippen molar-refractivity contribution in [2.75, 3.05) is 6.54 Å². The second-order valence-corrected chi connectivity index (χ2v) is 5.98. The third-order valence-corrected chi connectivity index (χ3v) is 4.16. The molecule has 4 nitrogen and oxygen atoms in total. The summed E-state index contributed by atoms with van der Waals surface area (Å²) in [6.45, 7) is 0.284. The number of cyclic esters (lactones) is 1. The maximum Gasteiger partial charge on any atom is 0.416 e. The highest BCUT2D eigenvalue weighted by molar-refractivity contribution is 5.94. The van der Waals surface area contributed by atoms with Crippen molar-refractivity contribution in [1.29, 1.82) is 0 Å². The van der Waals surface area contributed by atoms with Crippen molar-refractivity contribution in [1.82, 2.24) is 5.32 Å². The molecule has 2 aromatic rings. The van der Waals surface area contributed by atoms with Gasteiger partial charge in [-0.2, -0.15) is 13.2 Å². The largest absolute Gasteiger partial charge is 0.453 e. The van der Waals surface area contributed by atoms with Crippen LogP contribution in [-0.4, -0.2) is 18.4 Å². The van der Waals surface area contributed by atoms with E-state index in [1.54, 1.807) is 24.3 Å². The van der Waals surface area contributed by atoms with Gasteiger partial charge in [0.05, 0.1) is 17.5 Å². The Bertz CT molecular complexity index is 816. The highest BCUT2D eigenvalue weighted by atomic mass is 19.4.